The highest BCUT2D eigenvalue weighted by Crippen LogP contribution is 2.30. The molecule has 0 aliphatic heterocycles. The predicted octanol–water partition coefficient (Wildman–Crippen LogP) is 3.34. The van der Waals surface area contributed by atoms with Crippen LogP contribution >= 0.6 is 15.9 Å². The Hall–Kier alpha value is -1.43. The molecule has 3 nitrogen and oxygen atoms in total. The summed E-state index contributed by atoms with van der Waals surface area (Å²) in [4.78, 5) is 0. The van der Waals surface area contributed by atoms with Crippen molar-refractivity contribution in [1.82, 2.24) is 5.43 Å². The molecular formula is C15H16BrFN2O. The largest absolute Gasteiger partial charge is 0.496 e. The Balaban J connectivity index is 2.31. The minimum Gasteiger partial charge on any atom is -0.496 e. The molecule has 1 atom stereocenters. The minimum absolute atomic E-state index is 0.227. The van der Waals surface area contributed by atoms with Gasteiger partial charge in [0, 0.05) is 10.0 Å². The average Bonchev–Trinajstić information content (AvgIpc) is 2.46. The van der Waals surface area contributed by atoms with Crippen molar-refractivity contribution in [3.8, 4) is 5.75 Å². The number of hydrogen-bond donors (Lipinski definition) is 2. The fraction of sp³-hybridized carbons (Fsp3) is 0.200. The van der Waals surface area contributed by atoms with Gasteiger partial charge in [-0.25, -0.2) is 4.39 Å². The molecule has 0 saturated carbocycles. The number of methoxy groups -OCH3 is 1. The van der Waals surface area contributed by atoms with E-state index in [2.05, 4.69) is 21.4 Å². The van der Waals surface area contributed by atoms with Crippen LogP contribution < -0.4 is 16.0 Å². The summed E-state index contributed by atoms with van der Waals surface area (Å²) in [5.41, 5.74) is 4.23. The van der Waals surface area contributed by atoms with Gasteiger partial charge in [-0.05, 0) is 30.2 Å². The van der Waals surface area contributed by atoms with Gasteiger partial charge in [-0.2, -0.15) is 0 Å². The molecule has 0 aliphatic carbocycles. The number of benzene rings is 2. The molecule has 0 radical (unpaired) electrons. The summed E-state index contributed by atoms with van der Waals surface area (Å²) in [5.74, 6) is 6.10. The van der Waals surface area contributed by atoms with E-state index >= 15 is 0 Å². The van der Waals surface area contributed by atoms with Gasteiger partial charge >= 0.3 is 0 Å². The van der Waals surface area contributed by atoms with Gasteiger partial charge in [0.1, 0.15) is 11.6 Å². The Morgan fingerprint density at radius 2 is 2.05 bits per heavy atom. The third kappa shape index (κ3) is 3.36. The van der Waals surface area contributed by atoms with Crippen LogP contribution in [0.5, 0.6) is 5.75 Å². The second kappa shape index (κ2) is 6.83. The fourth-order valence-electron chi connectivity index (χ4n) is 2.12. The monoisotopic (exact) mass is 338 g/mol. The van der Waals surface area contributed by atoms with E-state index in [9.17, 15) is 4.39 Å². The van der Waals surface area contributed by atoms with Crippen LogP contribution in [0.25, 0.3) is 0 Å². The first kappa shape index (κ1) is 15.0. The summed E-state index contributed by atoms with van der Waals surface area (Å²) in [5, 5.41) is 0. The summed E-state index contributed by atoms with van der Waals surface area (Å²) < 4.78 is 20.0. The highest BCUT2D eigenvalue weighted by atomic mass is 79.9. The zero-order chi connectivity index (χ0) is 14.5. The van der Waals surface area contributed by atoms with E-state index in [0.29, 0.717) is 17.7 Å². The van der Waals surface area contributed by atoms with Crippen LogP contribution in [-0.4, -0.2) is 7.11 Å². The lowest BCUT2D eigenvalue weighted by molar-refractivity contribution is 0.398. The number of halogens is 2. The van der Waals surface area contributed by atoms with Gasteiger partial charge in [0.2, 0.25) is 0 Å². The van der Waals surface area contributed by atoms with Crippen molar-refractivity contribution in [2.24, 2.45) is 5.84 Å². The Bertz CT molecular complexity index is 592. The number of rotatable bonds is 5. The van der Waals surface area contributed by atoms with Crippen LogP contribution in [0.3, 0.4) is 0 Å². The highest BCUT2D eigenvalue weighted by Gasteiger charge is 2.17. The van der Waals surface area contributed by atoms with Crippen molar-refractivity contribution in [2.75, 3.05) is 7.11 Å². The zero-order valence-electron chi connectivity index (χ0n) is 11.1. The van der Waals surface area contributed by atoms with Gasteiger partial charge in [-0.3, -0.25) is 11.3 Å². The molecule has 5 heteroatoms. The maximum absolute atomic E-state index is 13.7. The van der Waals surface area contributed by atoms with Crippen molar-refractivity contribution >= 4 is 15.9 Å². The maximum Gasteiger partial charge on any atom is 0.126 e. The normalized spacial score (nSPS) is 12.2. The Morgan fingerprint density at radius 1 is 1.30 bits per heavy atom. The van der Waals surface area contributed by atoms with E-state index in [1.54, 1.807) is 19.2 Å². The molecule has 20 heavy (non-hydrogen) atoms. The standard InChI is InChI=1S/C15H16BrFN2O/c1-20-15-9-11(16)6-7-12(15)14(19-18)8-10-4-2-3-5-13(10)17/h2-7,9,14,19H,8,18H2,1H3. The smallest absolute Gasteiger partial charge is 0.126 e. The Kier molecular flexibility index (Phi) is 5.11. The molecule has 2 rings (SSSR count). The van der Waals surface area contributed by atoms with Crippen molar-refractivity contribution < 1.29 is 9.13 Å². The van der Waals surface area contributed by atoms with E-state index in [4.69, 9.17) is 10.6 Å². The van der Waals surface area contributed by atoms with Crippen LogP contribution in [0.4, 0.5) is 4.39 Å². The molecule has 0 spiro atoms. The molecule has 2 aromatic carbocycles. The molecule has 3 N–H and O–H groups in total. The Morgan fingerprint density at radius 3 is 2.70 bits per heavy atom. The number of ether oxygens (including phenoxy) is 1. The van der Waals surface area contributed by atoms with Crippen molar-refractivity contribution in [2.45, 2.75) is 12.5 Å². The van der Waals surface area contributed by atoms with E-state index in [-0.39, 0.29) is 11.9 Å². The van der Waals surface area contributed by atoms with Crippen LogP contribution in [0.2, 0.25) is 0 Å². The van der Waals surface area contributed by atoms with E-state index in [1.165, 1.54) is 6.07 Å². The molecule has 0 amide bonds. The second-order valence-corrected chi connectivity index (χ2v) is 5.32. The zero-order valence-corrected chi connectivity index (χ0v) is 12.7. The first-order chi connectivity index (χ1) is 9.65. The lowest BCUT2D eigenvalue weighted by Crippen LogP contribution is -2.30. The fourth-order valence-corrected chi connectivity index (χ4v) is 2.46. The van der Waals surface area contributed by atoms with Gasteiger partial charge in [0.15, 0.2) is 0 Å². The first-order valence-electron chi connectivity index (χ1n) is 6.18. The molecule has 2 aromatic rings. The summed E-state index contributed by atoms with van der Waals surface area (Å²) in [6.45, 7) is 0. The summed E-state index contributed by atoms with van der Waals surface area (Å²) >= 11 is 3.39. The maximum atomic E-state index is 13.7. The van der Waals surface area contributed by atoms with E-state index in [1.807, 2.05) is 24.3 Å². The van der Waals surface area contributed by atoms with Crippen molar-refractivity contribution in [1.29, 1.82) is 0 Å². The SMILES string of the molecule is COc1cc(Br)ccc1C(Cc1ccccc1F)NN. The third-order valence-electron chi connectivity index (χ3n) is 3.15. The highest BCUT2D eigenvalue weighted by molar-refractivity contribution is 9.10. The molecular weight excluding hydrogens is 323 g/mol. The lowest BCUT2D eigenvalue weighted by Gasteiger charge is -2.19. The average molecular weight is 339 g/mol. The molecule has 0 aliphatic rings. The molecule has 1 unspecified atom stereocenters. The van der Waals surface area contributed by atoms with Gasteiger partial charge in [-0.15, -0.1) is 0 Å². The molecule has 0 saturated heterocycles. The predicted molar refractivity (Wildman–Crippen MR) is 80.9 cm³/mol. The minimum atomic E-state index is -0.233. The molecule has 0 aromatic heterocycles. The number of nitrogens with one attached hydrogen (secondary N) is 1. The summed E-state index contributed by atoms with van der Waals surface area (Å²) in [6.07, 6.45) is 0.446. The number of nitrogens with two attached hydrogens (primary N) is 1. The quantitative estimate of drug-likeness (QED) is 0.649. The van der Waals surface area contributed by atoms with Gasteiger partial charge < -0.3 is 4.74 Å². The van der Waals surface area contributed by atoms with Crippen molar-refractivity contribution in [3.63, 3.8) is 0 Å². The van der Waals surface area contributed by atoms with Crippen LogP contribution in [-0.2, 0) is 6.42 Å². The molecule has 0 bridgehead atoms. The topological polar surface area (TPSA) is 47.3 Å². The molecule has 0 fully saturated rings. The second-order valence-electron chi connectivity index (χ2n) is 4.40. The van der Waals surface area contributed by atoms with Crippen molar-refractivity contribution in [3.05, 3.63) is 63.9 Å². The third-order valence-corrected chi connectivity index (χ3v) is 3.65. The van der Waals surface area contributed by atoms with Gasteiger partial charge in [0.05, 0.1) is 13.2 Å². The van der Waals surface area contributed by atoms with Gasteiger partial charge in [0.25, 0.3) is 0 Å². The van der Waals surface area contributed by atoms with E-state index in [0.717, 1.165) is 10.0 Å². The Labute approximate surface area is 126 Å². The first-order valence-corrected chi connectivity index (χ1v) is 6.98. The lowest BCUT2D eigenvalue weighted by atomic mass is 9.98. The molecule has 106 valence electrons. The summed E-state index contributed by atoms with van der Waals surface area (Å²) in [7, 11) is 1.60. The number of hydrazine groups is 1. The van der Waals surface area contributed by atoms with Crippen LogP contribution in [0.1, 0.15) is 17.2 Å². The molecule has 0 heterocycles. The van der Waals surface area contributed by atoms with Crippen LogP contribution in [0, 0.1) is 5.82 Å². The number of hydrogen-bond acceptors (Lipinski definition) is 3. The van der Waals surface area contributed by atoms with Crippen LogP contribution in [0.15, 0.2) is 46.9 Å². The van der Waals surface area contributed by atoms with E-state index < -0.39 is 0 Å². The summed E-state index contributed by atoms with van der Waals surface area (Å²) in [6, 6.07) is 12.1. The van der Waals surface area contributed by atoms with Gasteiger partial charge in [-0.1, -0.05) is 40.2 Å².